The third-order valence-electron chi connectivity index (χ3n) is 4.91. The molecule has 29 heavy (non-hydrogen) atoms. The Labute approximate surface area is 180 Å². The Bertz CT molecular complexity index is 846. The minimum atomic E-state index is -4.49. The number of hydrogen-bond acceptors (Lipinski definition) is 3. The summed E-state index contributed by atoms with van der Waals surface area (Å²) in [5.74, 6) is -0.336. The van der Waals surface area contributed by atoms with Crippen LogP contribution >= 0.6 is 24.8 Å². The molecule has 3 N–H and O–H groups in total. The molecule has 1 amide bonds. The van der Waals surface area contributed by atoms with Gasteiger partial charge in [0.2, 0.25) is 5.91 Å². The first-order valence-electron chi connectivity index (χ1n) is 8.81. The van der Waals surface area contributed by atoms with Crippen LogP contribution in [0.4, 0.5) is 18.9 Å². The van der Waals surface area contributed by atoms with E-state index in [1.807, 2.05) is 23.1 Å². The van der Waals surface area contributed by atoms with Crippen molar-refractivity contribution in [1.82, 2.24) is 4.90 Å². The fourth-order valence-corrected chi connectivity index (χ4v) is 3.31. The zero-order chi connectivity index (χ0) is 19.6. The Morgan fingerprint density at radius 2 is 1.83 bits per heavy atom. The molecule has 2 aromatic carbocycles. The molecule has 1 unspecified atom stereocenters. The SMILES string of the molecule is CC(C(=O)Nc1cc(CN)cc(C(F)(F)F)c1)N1CCc2ccccc2C1.Cl.Cl. The molecule has 4 nitrogen and oxygen atoms in total. The maximum absolute atomic E-state index is 13.1. The number of amides is 1. The van der Waals surface area contributed by atoms with Crippen molar-refractivity contribution in [3.63, 3.8) is 0 Å². The average molecular weight is 450 g/mol. The van der Waals surface area contributed by atoms with E-state index in [0.29, 0.717) is 12.1 Å². The Kier molecular flexibility index (Phi) is 8.96. The van der Waals surface area contributed by atoms with Gasteiger partial charge >= 0.3 is 6.18 Å². The van der Waals surface area contributed by atoms with E-state index in [9.17, 15) is 18.0 Å². The first kappa shape index (κ1) is 25.2. The number of benzene rings is 2. The topological polar surface area (TPSA) is 58.4 Å². The summed E-state index contributed by atoms with van der Waals surface area (Å²) in [4.78, 5) is 14.6. The molecule has 0 aliphatic carbocycles. The van der Waals surface area contributed by atoms with E-state index >= 15 is 0 Å². The molecule has 0 saturated carbocycles. The molecule has 1 atom stereocenters. The summed E-state index contributed by atoms with van der Waals surface area (Å²) in [5, 5.41) is 2.61. The molecule has 0 radical (unpaired) electrons. The van der Waals surface area contributed by atoms with Crippen molar-refractivity contribution in [3.8, 4) is 0 Å². The molecule has 160 valence electrons. The number of nitrogens with one attached hydrogen (secondary N) is 1. The number of nitrogens with two attached hydrogens (primary N) is 1. The van der Waals surface area contributed by atoms with Crippen molar-refractivity contribution in [3.05, 3.63) is 64.7 Å². The van der Waals surface area contributed by atoms with Gasteiger partial charge in [0.25, 0.3) is 0 Å². The molecule has 0 aromatic heterocycles. The molecule has 0 fully saturated rings. The van der Waals surface area contributed by atoms with E-state index in [1.54, 1.807) is 6.92 Å². The number of rotatable bonds is 4. The van der Waals surface area contributed by atoms with Crippen LogP contribution in [0.15, 0.2) is 42.5 Å². The van der Waals surface area contributed by atoms with Crippen LogP contribution in [-0.4, -0.2) is 23.4 Å². The standard InChI is InChI=1S/C20H22F3N3O.2ClH/c1-13(26-7-6-15-4-2-3-5-16(15)12-26)19(27)25-18-9-14(11-24)8-17(10-18)20(21,22)23;;/h2-5,8-10,13H,6-7,11-12,24H2,1H3,(H,25,27);2*1H. The van der Waals surface area contributed by atoms with Gasteiger partial charge in [0.15, 0.2) is 0 Å². The van der Waals surface area contributed by atoms with Gasteiger partial charge in [0.05, 0.1) is 11.6 Å². The third-order valence-corrected chi connectivity index (χ3v) is 4.91. The van der Waals surface area contributed by atoms with Crippen molar-refractivity contribution in [1.29, 1.82) is 0 Å². The fourth-order valence-electron chi connectivity index (χ4n) is 3.31. The lowest BCUT2D eigenvalue weighted by Crippen LogP contribution is -2.44. The third kappa shape index (κ3) is 6.09. The highest BCUT2D eigenvalue weighted by atomic mass is 35.5. The molecule has 0 spiro atoms. The van der Waals surface area contributed by atoms with Crippen LogP contribution in [0.2, 0.25) is 0 Å². The molecular formula is C20H24Cl2F3N3O. The minimum absolute atomic E-state index is 0. The number of fused-ring (bicyclic) bond motifs is 1. The number of hydrogen-bond donors (Lipinski definition) is 2. The lowest BCUT2D eigenvalue weighted by Gasteiger charge is -2.33. The van der Waals surface area contributed by atoms with Crippen molar-refractivity contribution >= 4 is 36.4 Å². The van der Waals surface area contributed by atoms with E-state index < -0.39 is 17.8 Å². The average Bonchev–Trinajstić information content (AvgIpc) is 2.66. The quantitative estimate of drug-likeness (QED) is 0.727. The molecule has 1 aliphatic rings. The first-order valence-corrected chi connectivity index (χ1v) is 8.81. The van der Waals surface area contributed by atoms with Gasteiger partial charge in [-0.25, -0.2) is 0 Å². The normalized spacial score (nSPS) is 14.8. The molecule has 2 aromatic rings. The lowest BCUT2D eigenvalue weighted by atomic mass is 9.98. The number of anilines is 1. The van der Waals surface area contributed by atoms with E-state index in [4.69, 9.17) is 5.73 Å². The van der Waals surface area contributed by atoms with Crippen LogP contribution in [0.1, 0.15) is 29.2 Å². The summed E-state index contributed by atoms with van der Waals surface area (Å²) in [6.07, 6.45) is -3.65. The fraction of sp³-hybridized carbons (Fsp3) is 0.350. The Morgan fingerprint density at radius 3 is 2.45 bits per heavy atom. The number of nitrogens with zero attached hydrogens (tertiary/aromatic N) is 1. The predicted molar refractivity (Wildman–Crippen MR) is 112 cm³/mol. The molecule has 0 saturated heterocycles. The molecule has 1 heterocycles. The van der Waals surface area contributed by atoms with Gasteiger partial charge in [-0.1, -0.05) is 24.3 Å². The van der Waals surface area contributed by atoms with Gasteiger partial charge in [-0.05, 0) is 48.2 Å². The van der Waals surface area contributed by atoms with Crippen molar-refractivity contribution in [2.24, 2.45) is 5.73 Å². The van der Waals surface area contributed by atoms with E-state index in [2.05, 4.69) is 11.4 Å². The maximum atomic E-state index is 13.1. The summed E-state index contributed by atoms with van der Waals surface area (Å²) < 4.78 is 39.2. The van der Waals surface area contributed by atoms with Gasteiger partial charge in [-0.15, -0.1) is 24.8 Å². The highest BCUT2D eigenvalue weighted by Gasteiger charge is 2.32. The monoisotopic (exact) mass is 449 g/mol. The molecule has 0 bridgehead atoms. The second kappa shape index (κ2) is 10.3. The molecule has 1 aliphatic heterocycles. The van der Waals surface area contributed by atoms with E-state index in [0.717, 1.165) is 25.1 Å². The van der Waals surface area contributed by atoms with Gasteiger partial charge in [0, 0.05) is 25.3 Å². The van der Waals surface area contributed by atoms with Gasteiger partial charge in [-0.2, -0.15) is 13.2 Å². The predicted octanol–water partition coefficient (Wildman–Crippen LogP) is 4.39. The second-order valence-electron chi connectivity index (χ2n) is 6.77. The summed E-state index contributed by atoms with van der Waals surface area (Å²) in [7, 11) is 0. The van der Waals surface area contributed by atoms with Crippen molar-refractivity contribution in [2.75, 3.05) is 11.9 Å². The Morgan fingerprint density at radius 1 is 1.17 bits per heavy atom. The number of carbonyl (C=O) groups excluding carboxylic acids is 1. The van der Waals surface area contributed by atoms with E-state index in [-0.39, 0.29) is 43.0 Å². The molecular weight excluding hydrogens is 426 g/mol. The summed E-state index contributed by atoms with van der Waals surface area (Å²) in [6.45, 7) is 3.09. The highest BCUT2D eigenvalue weighted by Crippen LogP contribution is 2.32. The zero-order valence-corrected chi connectivity index (χ0v) is 17.5. The van der Waals surface area contributed by atoms with Crippen LogP contribution in [0.3, 0.4) is 0 Å². The summed E-state index contributed by atoms with van der Waals surface area (Å²) in [5.41, 5.74) is 7.55. The second-order valence-corrected chi connectivity index (χ2v) is 6.77. The summed E-state index contributed by atoms with van der Waals surface area (Å²) >= 11 is 0. The smallest absolute Gasteiger partial charge is 0.326 e. The van der Waals surface area contributed by atoms with Gasteiger partial charge < -0.3 is 11.1 Å². The molecule has 9 heteroatoms. The Balaban J connectivity index is 0.00000210. The molecule has 3 rings (SSSR count). The van der Waals surface area contributed by atoms with Crippen LogP contribution in [0.5, 0.6) is 0 Å². The van der Waals surface area contributed by atoms with E-state index in [1.165, 1.54) is 17.2 Å². The first-order chi connectivity index (χ1) is 12.8. The highest BCUT2D eigenvalue weighted by molar-refractivity contribution is 5.94. The van der Waals surface area contributed by atoms with Crippen LogP contribution < -0.4 is 11.1 Å². The largest absolute Gasteiger partial charge is 0.416 e. The summed E-state index contributed by atoms with van der Waals surface area (Å²) in [6, 6.07) is 11.0. The van der Waals surface area contributed by atoms with Crippen molar-refractivity contribution in [2.45, 2.75) is 38.7 Å². The van der Waals surface area contributed by atoms with Gasteiger partial charge in [-0.3, -0.25) is 9.69 Å². The van der Waals surface area contributed by atoms with Gasteiger partial charge in [0.1, 0.15) is 0 Å². The zero-order valence-electron chi connectivity index (χ0n) is 15.8. The van der Waals surface area contributed by atoms with Crippen LogP contribution in [-0.2, 0) is 30.5 Å². The maximum Gasteiger partial charge on any atom is 0.416 e. The number of halogens is 5. The number of carbonyl (C=O) groups is 1. The minimum Gasteiger partial charge on any atom is -0.326 e. The van der Waals surface area contributed by atoms with Crippen molar-refractivity contribution < 1.29 is 18.0 Å². The lowest BCUT2D eigenvalue weighted by molar-refractivity contribution is -0.137. The van der Waals surface area contributed by atoms with Crippen LogP contribution in [0.25, 0.3) is 0 Å². The Hall–Kier alpha value is -1.80. The number of alkyl halides is 3. The van der Waals surface area contributed by atoms with Crippen LogP contribution in [0, 0.1) is 0 Å².